The molecule has 1 aliphatic heterocycles. The highest BCUT2D eigenvalue weighted by Crippen LogP contribution is 2.37. The molecule has 0 amide bonds. The van der Waals surface area contributed by atoms with Crippen molar-refractivity contribution in [3.8, 4) is 23.3 Å². The smallest absolute Gasteiger partial charge is 0.446 e. The molecule has 0 aromatic heterocycles. The first-order valence-electron chi connectivity index (χ1n) is 14.1. The van der Waals surface area contributed by atoms with Gasteiger partial charge in [-0.2, -0.15) is 13.2 Å². The van der Waals surface area contributed by atoms with E-state index in [0.29, 0.717) is 18.0 Å². The number of hydrogen-bond acceptors (Lipinski definition) is 7. The molecule has 1 aliphatic rings. The molecule has 1 saturated heterocycles. The first kappa shape index (κ1) is 33.0. The van der Waals surface area contributed by atoms with Gasteiger partial charge >= 0.3 is 11.5 Å². The van der Waals surface area contributed by atoms with Crippen LogP contribution in [0.25, 0.3) is 5.57 Å². The third-order valence-electron chi connectivity index (χ3n) is 6.94. The maximum Gasteiger partial charge on any atom is 0.446 e. The van der Waals surface area contributed by atoms with Crippen LogP contribution in [0.15, 0.2) is 77.7 Å². The van der Waals surface area contributed by atoms with Crippen LogP contribution in [0, 0.1) is 18.8 Å². The summed E-state index contributed by atoms with van der Waals surface area (Å²) in [5.41, 5.74) is -0.323. The minimum Gasteiger partial charge on any atom is -0.489 e. The molecule has 1 N–H and O–H groups in total. The highest BCUT2D eigenvalue weighted by Gasteiger charge is 2.29. The van der Waals surface area contributed by atoms with Crippen molar-refractivity contribution < 1.29 is 37.3 Å². The molecule has 0 bridgehead atoms. The van der Waals surface area contributed by atoms with E-state index in [1.165, 1.54) is 19.2 Å². The number of nitrogens with zero attached hydrogens (tertiary/aromatic N) is 1. The van der Waals surface area contributed by atoms with E-state index in [-0.39, 0.29) is 36.0 Å². The first-order valence-corrected chi connectivity index (χ1v) is 14.9. The van der Waals surface area contributed by atoms with Gasteiger partial charge in [0, 0.05) is 23.5 Å². The summed E-state index contributed by atoms with van der Waals surface area (Å²) in [5.74, 6) is 7.04. The molecule has 4 rings (SSSR count). The average molecular weight is 626 g/mol. The van der Waals surface area contributed by atoms with Crippen molar-refractivity contribution in [2.45, 2.75) is 36.3 Å². The number of esters is 1. The fraction of sp³-hybridized carbons (Fsp3) is 0.324. The van der Waals surface area contributed by atoms with Crippen LogP contribution in [0.5, 0.6) is 11.5 Å². The fourth-order valence-corrected chi connectivity index (χ4v) is 5.13. The Morgan fingerprint density at radius 1 is 1.02 bits per heavy atom. The third kappa shape index (κ3) is 10.4. The van der Waals surface area contributed by atoms with Crippen LogP contribution in [0.1, 0.15) is 35.1 Å². The Balaban J connectivity index is 1.49. The molecule has 0 spiro atoms. The number of thioether (sulfide) groups is 1. The molecule has 0 unspecified atom stereocenters. The van der Waals surface area contributed by atoms with Gasteiger partial charge in [-0.1, -0.05) is 36.1 Å². The van der Waals surface area contributed by atoms with Crippen molar-refractivity contribution in [1.82, 2.24) is 4.90 Å². The number of piperidine rings is 1. The Kier molecular flexibility index (Phi) is 11.8. The summed E-state index contributed by atoms with van der Waals surface area (Å²) in [6.07, 6.45) is 3.19. The first-order chi connectivity index (χ1) is 21.1. The number of benzene rings is 3. The highest BCUT2D eigenvalue weighted by atomic mass is 32.2. The van der Waals surface area contributed by atoms with Crippen LogP contribution >= 0.6 is 11.8 Å². The van der Waals surface area contributed by atoms with Gasteiger partial charge in [-0.15, -0.1) is 0 Å². The number of aliphatic hydroxyl groups excluding tert-OH is 1. The molecule has 3 aromatic rings. The predicted octanol–water partition coefficient (Wildman–Crippen LogP) is 6.48. The normalized spacial score (nSPS) is 14.5. The Bertz CT molecular complexity index is 1490. The largest absolute Gasteiger partial charge is 0.489 e. The molecule has 1 fully saturated rings. The minimum absolute atomic E-state index is 0.107. The summed E-state index contributed by atoms with van der Waals surface area (Å²) < 4.78 is 54.7. The second kappa shape index (κ2) is 15.7. The maximum atomic E-state index is 12.9. The zero-order valence-electron chi connectivity index (χ0n) is 24.5. The number of carbonyl (C=O) groups is 1. The lowest BCUT2D eigenvalue weighted by Crippen LogP contribution is -2.35. The van der Waals surface area contributed by atoms with Crippen LogP contribution < -0.4 is 9.47 Å². The van der Waals surface area contributed by atoms with Gasteiger partial charge in [0.2, 0.25) is 0 Å². The second-order valence-electron chi connectivity index (χ2n) is 10.2. The minimum atomic E-state index is -4.36. The molecule has 0 saturated carbocycles. The number of ether oxygens (including phenoxy) is 3. The summed E-state index contributed by atoms with van der Waals surface area (Å²) in [6, 6.07) is 19.2. The van der Waals surface area contributed by atoms with Crippen LogP contribution in [0.2, 0.25) is 0 Å². The van der Waals surface area contributed by atoms with E-state index >= 15 is 0 Å². The van der Waals surface area contributed by atoms with Gasteiger partial charge < -0.3 is 19.3 Å². The van der Waals surface area contributed by atoms with E-state index in [0.717, 1.165) is 53.8 Å². The fourth-order valence-electron chi connectivity index (χ4n) is 4.59. The number of rotatable bonds is 10. The molecular formula is C34H34F3NO5S. The highest BCUT2D eigenvalue weighted by molar-refractivity contribution is 8.00. The van der Waals surface area contributed by atoms with E-state index in [1.54, 1.807) is 30.3 Å². The number of carbonyl (C=O) groups excluding carboxylic acids is 1. The van der Waals surface area contributed by atoms with Crippen molar-refractivity contribution in [3.63, 3.8) is 0 Å². The molecule has 0 atom stereocenters. The van der Waals surface area contributed by atoms with Crippen molar-refractivity contribution in [2.75, 3.05) is 40.0 Å². The van der Waals surface area contributed by atoms with E-state index in [4.69, 9.17) is 9.47 Å². The van der Waals surface area contributed by atoms with Crippen molar-refractivity contribution in [3.05, 3.63) is 95.1 Å². The molecule has 1 heterocycles. The molecule has 10 heteroatoms. The number of aryl methyl sites for hydroxylation is 1. The monoisotopic (exact) mass is 625 g/mol. The van der Waals surface area contributed by atoms with Gasteiger partial charge in [0.25, 0.3) is 0 Å². The maximum absolute atomic E-state index is 12.9. The lowest BCUT2D eigenvalue weighted by Gasteiger charge is -2.27. The lowest BCUT2D eigenvalue weighted by atomic mass is 9.97. The van der Waals surface area contributed by atoms with Gasteiger partial charge in [0.1, 0.15) is 18.1 Å². The van der Waals surface area contributed by atoms with Crippen molar-refractivity contribution in [1.29, 1.82) is 0 Å². The van der Waals surface area contributed by atoms with Crippen LogP contribution in [-0.2, 0) is 9.53 Å². The molecule has 0 aliphatic carbocycles. The Morgan fingerprint density at radius 2 is 1.68 bits per heavy atom. The summed E-state index contributed by atoms with van der Waals surface area (Å²) >= 11 is -0.151. The quantitative estimate of drug-likeness (QED) is 0.157. The average Bonchev–Trinajstić information content (AvgIpc) is 3.00. The van der Waals surface area contributed by atoms with Crippen molar-refractivity contribution >= 4 is 23.3 Å². The predicted molar refractivity (Wildman–Crippen MR) is 165 cm³/mol. The molecule has 232 valence electrons. The molecule has 6 nitrogen and oxygen atoms in total. The zero-order chi connectivity index (χ0) is 31.5. The van der Waals surface area contributed by atoms with Gasteiger partial charge in [-0.25, -0.2) is 4.79 Å². The molecular weight excluding hydrogens is 591 g/mol. The van der Waals surface area contributed by atoms with Gasteiger partial charge in [-0.05, 0) is 102 Å². The molecule has 44 heavy (non-hydrogen) atoms. The van der Waals surface area contributed by atoms with E-state index in [9.17, 15) is 23.1 Å². The number of methoxy groups -OCH3 is 1. The number of likely N-dealkylation sites (tertiary alicyclic amines) is 1. The standard InChI is InChI=1S/C34H34F3NO5S/c1-24-22-29(11-14-32(24)43-23-33(40)41-2)42-21-17-31(27-9-12-30(13-10-27)44-34(35,36)37)26-7-5-25(6-8-26)4-3-18-38-19-15-28(39)16-20-38/h5-14,17,22,28,39H,15-16,18-21,23H2,1-2H3/b31-17+. The molecule has 0 radical (unpaired) electrons. The van der Waals surface area contributed by atoms with Crippen molar-refractivity contribution in [2.24, 2.45) is 0 Å². The topological polar surface area (TPSA) is 68.2 Å². The van der Waals surface area contributed by atoms with Gasteiger partial charge in [0.15, 0.2) is 6.61 Å². The Hall–Kier alpha value is -3.91. The van der Waals surface area contributed by atoms with Gasteiger partial charge in [0.05, 0.1) is 19.8 Å². The third-order valence-corrected chi connectivity index (χ3v) is 7.68. The van der Waals surface area contributed by atoms with Crippen LogP contribution in [-0.4, -0.2) is 67.5 Å². The summed E-state index contributed by atoms with van der Waals surface area (Å²) in [6.45, 7) is 4.13. The summed E-state index contributed by atoms with van der Waals surface area (Å²) in [4.78, 5) is 13.7. The van der Waals surface area contributed by atoms with E-state index < -0.39 is 11.5 Å². The van der Waals surface area contributed by atoms with E-state index in [2.05, 4.69) is 21.5 Å². The molecule has 3 aromatic carbocycles. The summed E-state index contributed by atoms with van der Waals surface area (Å²) in [5, 5.41) is 9.68. The SMILES string of the molecule is COC(=O)COc1ccc(OC/C=C(\c2ccc(C#CCN3CCC(O)CC3)cc2)c2ccc(SC(F)(F)F)cc2)cc1C. The van der Waals surface area contributed by atoms with E-state index in [1.807, 2.05) is 37.3 Å². The second-order valence-corrected chi connectivity index (χ2v) is 11.3. The number of hydrogen-bond donors (Lipinski definition) is 1. The van der Waals surface area contributed by atoms with Gasteiger partial charge in [-0.3, -0.25) is 4.90 Å². The Morgan fingerprint density at radius 3 is 2.30 bits per heavy atom. The number of halogens is 3. The zero-order valence-corrected chi connectivity index (χ0v) is 25.3. The Labute approximate surface area is 259 Å². The lowest BCUT2D eigenvalue weighted by molar-refractivity contribution is -0.142. The number of alkyl halides is 3. The number of aliphatic hydroxyl groups is 1. The summed E-state index contributed by atoms with van der Waals surface area (Å²) in [7, 11) is 1.29. The van der Waals surface area contributed by atoms with Crippen LogP contribution in [0.4, 0.5) is 13.2 Å². The van der Waals surface area contributed by atoms with Crippen LogP contribution in [0.3, 0.4) is 0 Å².